The van der Waals surface area contributed by atoms with E-state index in [-0.39, 0.29) is 37.4 Å². The molecule has 9 nitrogen and oxygen atoms in total. The summed E-state index contributed by atoms with van der Waals surface area (Å²) < 4.78 is 28.4. The number of carbonyl (C=O) groups is 2. The summed E-state index contributed by atoms with van der Waals surface area (Å²) in [5.41, 5.74) is -2.03. The van der Waals surface area contributed by atoms with Crippen LogP contribution in [0, 0.1) is 5.41 Å². The highest BCUT2D eigenvalue weighted by molar-refractivity contribution is 5.90. The fourth-order valence-corrected chi connectivity index (χ4v) is 4.41. The average molecular weight is 443 g/mol. The fourth-order valence-electron chi connectivity index (χ4n) is 4.41. The number of aromatic nitrogens is 3. The Bertz CT molecular complexity index is 828. The number of carbonyl (C=O) groups excluding carboxylic acids is 2. The van der Waals surface area contributed by atoms with Crippen LogP contribution in [0.3, 0.4) is 0 Å². The fraction of sp³-hybridized carbons (Fsp3) is 0.800. The van der Waals surface area contributed by atoms with Crippen molar-refractivity contribution in [3.05, 3.63) is 11.9 Å². The van der Waals surface area contributed by atoms with E-state index in [1.54, 1.807) is 0 Å². The first-order chi connectivity index (χ1) is 14.3. The number of hydrogen-bond acceptors (Lipinski definition) is 6. The van der Waals surface area contributed by atoms with E-state index >= 15 is 0 Å². The van der Waals surface area contributed by atoms with Crippen molar-refractivity contribution in [3.63, 3.8) is 0 Å². The lowest BCUT2D eigenvalue weighted by Gasteiger charge is -2.35. The number of likely N-dealkylation sites (N-methyl/N-ethyl adjacent to an activating group) is 1. The van der Waals surface area contributed by atoms with Crippen LogP contribution in [0.25, 0.3) is 0 Å². The Hall–Kier alpha value is -2.14. The molecule has 2 heterocycles. The summed E-state index contributed by atoms with van der Waals surface area (Å²) in [4.78, 5) is 27.1. The summed E-state index contributed by atoms with van der Waals surface area (Å²) in [7, 11) is 1.47. The second-order valence-corrected chi connectivity index (χ2v) is 9.75. The molecule has 11 heteroatoms. The molecule has 2 unspecified atom stereocenters. The van der Waals surface area contributed by atoms with E-state index in [0.29, 0.717) is 0 Å². The van der Waals surface area contributed by atoms with Crippen molar-refractivity contribution in [1.29, 1.82) is 0 Å². The monoisotopic (exact) mass is 443 g/mol. The minimum atomic E-state index is -2.81. The minimum Gasteiger partial charge on any atom is -0.391 e. The van der Waals surface area contributed by atoms with Gasteiger partial charge in [-0.05, 0) is 18.3 Å². The number of aliphatic hydroxyl groups is 2. The molecule has 0 spiro atoms. The molecule has 2 amide bonds. The summed E-state index contributed by atoms with van der Waals surface area (Å²) in [6.45, 7) is 5.50. The zero-order valence-corrected chi connectivity index (χ0v) is 18.3. The predicted octanol–water partition coefficient (Wildman–Crippen LogP) is 0.970. The molecule has 1 aromatic rings. The van der Waals surface area contributed by atoms with Crippen LogP contribution in [0.4, 0.5) is 8.78 Å². The van der Waals surface area contributed by atoms with E-state index in [1.165, 1.54) is 22.8 Å². The van der Waals surface area contributed by atoms with Crippen molar-refractivity contribution >= 4 is 11.8 Å². The first-order valence-electron chi connectivity index (χ1n) is 10.5. The molecule has 1 saturated carbocycles. The second-order valence-electron chi connectivity index (χ2n) is 9.75. The highest BCUT2D eigenvalue weighted by Crippen LogP contribution is 2.43. The largest absolute Gasteiger partial charge is 0.391 e. The number of nitrogens with one attached hydrogen (secondary N) is 1. The number of β-amino-alcohol motifs (C(OH)–C–C–N with tert-alkyl or cyclic N) is 1. The molecule has 0 bridgehead atoms. The molecule has 2 aliphatic rings. The van der Waals surface area contributed by atoms with Crippen LogP contribution in [0.2, 0.25) is 0 Å². The predicted molar refractivity (Wildman–Crippen MR) is 106 cm³/mol. The maximum Gasteiger partial charge on any atom is 0.248 e. The maximum absolute atomic E-state index is 13.5. The Balaban J connectivity index is 1.89. The molecule has 2 fully saturated rings. The van der Waals surface area contributed by atoms with Gasteiger partial charge >= 0.3 is 0 Å². The van der Waals surface area contributed by atoms with Crippen LogP contribution in [0.15, 0.2) is 6.20 Å². The van der Waals surface area contributed by atoms with Crippen LogP contribution in [0.1, 0.15) is 64.6 Å². The minimum absolute atomic E-state index is 0.0179. The molecule has 0 aromatic carbocycles. The van der Waals surface area contributed by atoms with Gasteiger partial charge in [0.25, 0.3) is 0 Å². The highest BCUT2D eigenvalue weighted by atomic mass is 19.3. The van der Waals surface area contributed by atoms with E-state index in [2.05, 4.69) is 15.6 Å². The van der Waals surface area contributed by atoms with Gasteiger partial charge in [-0.2, -0.15) is 0 Å². The van der Waals surface area contributed by atoms with E-state index in [1.807, 2.05) is 20.8 Å². The van der Waals surface area contributed by atoms with Crippen molar-refractivity contribution in [2.45, 2.75) is 82.6 Å². The Morgan fingerprint density at radius 2 is 1.87 bits per heavy atom. The standard InChI is InChI=1S/C20H31F2N5O4/c1-18(2,3)15(17(30)26-10-12(28)9-13(26)16(29)23-4)27-11-14(24-25-27)19(31)5-7-20(21,22)8-6-19/h11-13,15,28,31H,5-10H2,1-4H3,(H,23,29)/t12?,13?,15-/m1/s1. The number of rotatable bonds is 4. The molecule has 0 radical (unpaired) electrons. The van der Waals surface area contributed by atoms with Crippen molar-refractivity contribution in [1.82, 2.24) is 25.2 Å². The Morgan fingerprint density at radius 1 is 1.26 bits per heavy atom. The van der Waals surface area contributed by atoms with Gasteiger partial charge in [0.2, 0.25) is 17.7 Å². The molecule has 1 aromatic heterocycles. The first kappa shape index (κ1) is 23.5. The molecule has 3 rings (SSSR count). The van der Waals surface area contributed by atoms with Gasteiger partial charge in [-0.25, -0.2) is 13.5 Å². The number of alkyl halides is 2. The number of likely N-dealkylation sites (tertiary alicyclic amines) is 1. The second kappa shape index (κ2) is 8.09. The van der Waals surface area contributed by atoms with Crippen molar-refractivity contribution in [2.24, 2.45) is 5.41 Å². The molecule has 31 heavy (non-hydrogen) atoms. The van der Waals surface area contributed by atoms with Gasteiger partial charge in [-0.15, -0.1) is 5.10 Å². The van der Waals surface area contributed by atoms with Crippen molar-refractivity contribution in [2.75, 3.05) is 13.6 Å². The van der Waals surface area contributed by atoms with Gasteiger partial charge in [-0.3, -0.25) is 9.59 Å². The van der Waals surface area contributed by atoms with E-state index < -0.39 is 53.9 Å². The molecule has 1 aliphatic heterocycles. The van der Waals surface area contributed by atoms with Crippen LogP contribution < -0.4 is 5.32 Å². The maximum atomic E-state index is 13.5. The van der Waals surface area contributed by atoms with Gasteiger partial charge in [0.15, 0.2) is 0 Å². The van der Waals surface area contributed by atoms with Gasteiger partial charge in [0, 0.05) is 32.9 Å². The highest BCUT2D eigenvalue weighted by Gasteiger charge is 2.47. The third kappa shape index (κ3) is 4.72. The van der Waals surface area contributed by atoms with Gasteiger partial charge < -0.3 is 20.4 Å². The summed E-state index contributed by atoms with van der Waals surface area (Å²) >= 11 is 0. The lowest BCUT2D eigenvalue weighted by Crippen LogP contribution is -2.49. The molecule has 174 valence electrons. The third-order valence-corrected chi connectivity index (χ3v) is 6.23. The first-order valence-corrected chi connectivity index (χ1v) is 10.5. The Labute approximate surface area is 179 Å². The molecule has 3 atom stereocenters. The quantitative estimate of drug-likeness (QED) is 0.638. The van der Waals surface area contributed by atoms with E-state index in [0.717, 1.165) is 0 Å². The van der Waals surface area contributed by atoms with Crippen molar-refractivity contribution in [3.8, 4) is 0 Å². The number of nitrogens with zero attached hydrogens (tertiary/aromatic N) is 4. The zero-order valence-electron chi connectivity index (χ0n) is 18.3. The summed E-state index contributed by atoms with van der Waals surface area (Å²) in [6, 6.07) is -1.68. The smallest absolute Gasteiger partial charge is 0.248 e. The van der Waals surface area contributed by atoms with E-state index in [4.69, 9.17) is 0 Å². The lowest BCUT2D eigenvalue weighted by atomic mass is 9.81. The average Bonchev–Trinajstić information content (AvgIpc) is 3.30. The normalized spacial score (nSPS) is 26.5. The molecule has 1 saturated heterocycles. The SMILES string of the molecule is CNC(=O)C1CC(O)CN1C(=O)[C@@H](n1cc(C2(O)CCC(F)(F)CC2)nn1)C(C)(C)C. The number of hydrogen-bond donors (Lipinski definition) is 3. The summed E-state index contributed by atoms with van der Waals surface area (Å²) in [6.07, 6.45) is -0.442. The van der Waals surface area contributed by atoms with Crippen molar-refractivity contribution < 1.29 is 28.6 Å². The van der Waals surface area contributed by atoms with E-state index in [9.17, 15) is 28.6 Å². The Morgan fingerprint density at radius 3 is 2.42 bits per heavy atom. The van der Waals surface area contributed by atoms with Crippen LogP contribution >= 0.6 is 0 Å². The molecular weight excluding hydrogens is 412 g/mol. The number of amides is 2. The molecular formula is C20H31F2N5O4. The zero-order chi connectivity index (χ0) is 23.2. The van der Waals surface area contributed by atoms with Gasteiger partial charge in [0.1, 0.15) is 23.4 Å². The summed E-state index contributed by atoms with van der Waals surface area (Å²) in [5.74, 6) is -3.58. The molecule has 1 aliphatic carbocycles. The number of aliphatic hydroxyl groups excluding tert-OH is 1. The third-order valence-electron chi connectivity index (χ3n) is 6.23. The van der Waals surface area contributed by atoms with Crippen LogP contribution in [-0.4, -0.2) is 73.6 Å². The van der Waals surface area contributed by atoms with Crippen LogP contribution in [0.5, 0.6) is 0 Å². The lowest BCUT2D eigenvalue weighted by molar-refractivity contribution is -0.144. The number of halogens is 2. The Kier molecular flexibility index (Phi) is 6.13. The molecule has 3 N–H and O–H groups in total. The van der Waals surface area contributed by atoms with Gasteiger partial charge in [-0.1, -0.05) is 26.0 Å². The topological polar surface area (TPSA) is 121 Å². The van der Waals surface area contributed by atoms with Crippen LogP contribution in [-0.2, 0) is 15.2 Å². The summed E-state index contributed by atoms with van der Waals surface area (Å²) in [5, 5.41) is 31.5. The van der Waals surface area contributed by atoms with Gasteiger partial charge in [0.05, 0.1) is 12.3 Å².